The monoisotopic (exact) mass is 497 g/mol. The van der Waals surface area contributed by atoms with Gasteiger partial charge in [-0.1, -0.05) is 31.2 Å². The van der Waals surface area contributed by atoms with Crippen LogP contribution in [0.4, 0.5) is 10.1 Å². The van der Waals surface area contributed by atoms with E-state index in [1.807, 2.05) is 4.90 Å². The molecule has 0 amide bonds. The van der Waals surface area contributed by atoms with Gasteiger partial charge in [0.15, 0.2) is 5.78 Å². The van der Waals surface area contributed by atoms with Crippen LogP contribution in [-0.2, 0) is 21.4 Å². The van der Waals surface area contributed by atoms with Gasteiger partial charge in [0.05, 0.1) is 5.69 Å². The summed E-state index contributed by atoms with van der Waals surface area (Å²) in [7, 11) is -4.02. The van der Waals surface area contributed by atoms with Crippen LogP contribution in [0.25, 0.3) is 0 Å². The van der Waals surface area contributed by atoms with E-state index in [4.69, 9.17) is 0 Å². The van der Waals surface area contributed by atoms with Crippen molar-refractivity contribution >= 4 is 27.3 Å². The van der Waals surface area contributed by atoms with Crippen molar-refractivity contribution in [3.8, 4) is 0 Å². The predicted octanol–water partition coefficient (Wildman–Crippen LogP) is 3.55. The Hall–Kier alpha value is -2.62. The number of hydrogen-bond acceptors (Lipinski definition) is 6. The Morgan fingerprint density at radius 1 is 1.17 bits per heavy atom. The van der Waals surface area contributed by atoms with E-state index in [0.29, 0.717) is 18.7 Å². The summed E-state index contributed by atoms with van der Waals surface area (Å²) in [5, 5.41) is 14.8. The molecule has 2 aliphatic heterocycles. The van der Waals surface area contributed by atoms with Gasteiger partial charge in [-0.05, 0) is 67.3 Å². The number of ketones is 1. The second kappa shape index (κ2) is 7.94. The van der Waals surface area contributed by atoms with Crippen molar-refractivity contribution in [1.82, 2.24) is 4.90 Å². The molecule has 2 aliphatic carbocycles. The van der Waals surface area contributed by atoms with E-state index in [9.17, 15) is 22.7 Å². The highest BCUT2D eigenvalue weighted by atomic mass is 32.2. The van der Waals surface area contributed by atoms with Crippen molar-refractivity contribution in [2.45, 2.75) is 55.8 Å². The number of nitrogens with one attached hydrogen (secondary N) is 1. The average molecular weight is 498 g/mol. The maximum Gasteiger partial charge on any atom is 0.286 e. The summed E-state index contributed by atoms with van der Waals surface area (Å²) in [6.07, 6.45) is 2.30. The number of aliphatic hydroxyl groups is 1. The van der Waals surface area contributed by atoms with Gasteiger partial charge in [-0.3, -0.25) is 9.69 Å². The summed E-state index contributed by atoms with van der Waals surface area (Å²) in [6.45, 7) is 2.39. The molecule has 2 heterocycles. The van der Waals surface area contributed by atoms with Gasteiger partial charge in [-0.2, -0.15) is 8.42 Å². The number of nitrogens with zero attached hydrogens (tertiary/aromatic N) is 2. The van der Waals surface area contributed by atoms with Gasteiger partial charge in [0, 0.05) is 18.0 Å². The van der Waals surface area contributed by atoms with Crippen LogP contribution >= 0.6 is 0 Å². The molecule has 0 aromatic heterocycles. The average Bonchev–Trinajstić information content (AvgIpc) is 3.44. The number of aliphatic hydroxyl groups excluding tert-OH is 1. The van der Waals surface area contributed by atoms with E-state index in [-0.39, 0.29) is 40.1 Å². The number of fused-ring (bicyclic) bond motifs is 6. The van der Waals surface area contributed by atoms with Gasteiger partial charge in [0.1, 0.15) is 28.7 Å². The van der Waals surface area contributed by atoms with Gasteiger partial charge in [0.2, 0.25) is 0 Å². The molecule has 6 unspecified atom stereocenters. The van der Waals surface area contributed by atoms with E-state index < -0.39 is 27.7 Å². The number of carbonyl (C=O) groups is 1. The van der Waals surface area contributed by atoms with Gasteiger partial charge in [0.25, 0.3) is 10.0 Å². The van der Waals surface area contributed by atoms with Crippen molar-refractivity contribution in [3.05, 3.63) is 59.9 Å². The molecule has 2 bridgehead atoms. The molecule has 35 heavy (non-hydrogen) atoms. The first-order chi connectivity index (χ1) is 16.8. The van der Waals surface area contributed by atoms with E-state index in [2.05, 4.69) is 16.6 Å². The normalized spacial score (nSPS) is 35.2. The van der Waals surface area contributed by atoms with E-state index in [0.717, 1.165) is 24.8 Å². The smallest absolute Gasteiger partial charge is 0.286 e. The van der Waals surface area contributed by atoms with Crippen molar-refractivity contribution < 1.29 is 22.7 Å². The van der Waals surface area contributed by atoms with Crippen LogP contribution in [0.1, 0.15) is 38.2 Å². The zero-order valence-corrected chi connectivity index (χ0v) is 20.2. The number of amidine groups is 1. The highest BCUT2D eigenvalue weighted by Gasteiger charge is 2.68. The fourth-order valence-electron chi connectivity index (χ4n) is 7.38. The molecule has 7 nitrogen and oxygen atoms in total. The minimum atomic E-state index is -4.02. The third-order valence-electron chi connectivity index (χ3n) is 8.73. The molecule has 3 fully saturated rings. The molecule has 0 spiro atoms. The molecular weight excluding hydrogens is 469 g/mol. The quantitative estimate of drug-likeness (QED) is 0.670. The van der Waals surface area contributed by atoms with Gasteiger partial charge in [-0.15, -0.1) is 4.40 Å². The molecule has 1 saturated heterocycles. The van der Waals surface area contributed by atoms with Crippen LogP contribution in [0.15, 0.2) is 57.8 Å². The molecule has 2 aromatic carbocycles. The summed E-state index contributed by atoms with van der Waals surface area (Å²) in [5.74, 6) is -1.47. The van der Waals surface area contributed by atoms with Crippen molar-refractivity contribution in [1.29, 1.82) is 0 Å². The third kappa shape index (κ3) is 3.24. The molecule has 2 N–H and O–H groups in total. The third-order valence-corrected chi connectivity index (χ3v) is 10.1. The number of hydrogen-bond donors (Lipinski definition) is 2. The summed E-state index contributed by atoms with van der Waals surface area (Å²) < 4.78 is 43.5. The molecule has 9 heteroatoms. The summed E-state index contributed by atoms with van der Waals surface area (Å²) >= 11 is 0. The largest absolute Gasteiger partial charge is 0.377 e. The zero-order chi connectivity index (χ0) is 24.5. The topological polar surface area (TPSA) is 99.1 Å². The van der Waals surface area contributed by atoms with Gasteiger partial charge < -0.3 is 10.4 Å². The van der Waals surface area contributed by atoms with Crippen LogP contribution in [-0.4, -0.2) is 41.8 Å². The molecule has 2 aromatic rings. The maximum absolute atomic E-state index is 14.1. The first-order valence-corrected chi connectivity index (χ1v) is 13.6. The number of halogens is 1. The van der Waals surface area contributed by atoms with Crippen LogP contribution in [0.5, 0.6) is 0 Å². The van der Waals surface area contributed by atoms with Crippen LogP contribution < -0.4 is 5.32 Å². The number of likely N-dealkylation sites (tertiary alicyclic amines) is 1. The molecule has 184 valence electrons. The van der Waals surface area contributed by atoms with Crippen molar-refractivity contribution in [2.24, 2.45) is 28.1 Å². The van der Waals surface area contributed by atoms with Crippen molar-refractivity contribution in [2.75, 3.05) is 5.32 Å². The Balaban J connectivity index is 1.46. The number of piperidine rings is 1. The first-order valence-electron chi connectivity index (χ1n) is 12.2. The summed E-state index contributed by atoms with van der Waals surface area (Å²) in [4.78, 5) is 16.1. The van der Waals surface area contributed by atoms with Crippen LogP contribution in [0, 0.1) is 29.5 Å². The number of Topliss-reactive ketones (excluding diaryl/α,β-unsaturated/α-hetero) is 1. The van der Waals surface area contributed by atoms with Gasteiger partial charge in [-0.25, -0.2) is 4.39 Å². The number of anilines is 1. The van der Waals surface area contributed by atoms with Gasteiger partial charge >= 0.3 is 0 Å². The fraction of sp³-hybridized carbons (Fsp3) is 0.462. The van der Waals surface area contributed by atoms with Crippen LogP contribution in [0.2, 0.25) is 0 Å². The lowest BCUT2D eigenvalue weighted by Crippen LogP contribution is -2.70. The minimum Gasteiger partial charge on any atom is -0.377 e. The highest BCUT2D eigenvalue weighted by Crippen LogP contribution is 2.62. The molecular formula is C26H28FN3O4S. The fourth-order valence-corrected chi connectivity index (χ4v) is 8.54. The highest BCUT2D eigenvalue weighted by molar-refractivity contribution is 7.90. The van der Waals surface area contributed by atoms with E-state index in [1.165, 1.54) is 18.2 Å². The lowest BCUT2D eigenvalue weighted by Gasteiger charge is -2.57. The lowest BCUT2D eigenvalue weighted by atomic mass is 9.62. The molecule has 4 aliphatic rings. The second-order valence-electron chi connectivity index (χ2n) is 10.2. The predicted molar refractivity (Wildman–Crippen MR) is 128 cm³/mol. The van der Waals surface area contributed by atoms with Crippen molar-refractivity contribution in [3.63, 3.8) is 0 Å². The lowest BCUT2D eigenvalue weighted by molar-refractivity contribution is -0.181. The Morgan fingerprint density at radius 3 is 2.66 bits per heavy atom. The van der Waals surface area contributed by atoms with E-state index in [1.54, 1.807) is 30.3 Å². The number of para-hydroxylation sites is 1. The summed E-state index contributed by atoms with van der Waals surface area (Å²) in [6, 6.07) is 12.6. The SMILES string of the molecule is CCC12C3CCC(C3)C1C(=O)C(C1=NS(=O)(=O)c3ccccc3N1)C(O)N2Cc1ccc(F)cc1. The minimum absolute atomic E-state index is 0.0298. The van der Waals surface area contributed by atoms with Crippen LogP contribution in [0.3, 0.4) is 0 Å². The second-order valence-corrected chi connectivity index (χ2v) is 11.8. The maximum atomic E-state index is 14.1. The van der Waals surface area contributed by atoms with E-state index >= 15 is 0 Å². The Bertz CT molecular complexity index is 1330. The number of rotatable bonds is 4. The molecule has 2 saturated carbocycles. The number of carbonyl (C=O) groups excluding carboxylic acids is 1. The summed E-state index contributed by atoms with van der Waals surface area (Å²) in [5.41, 5.74) is 0.656. The Morgan fingerprint density at radius 2 is 1.91 bits per heavy atom. The Kier molecular flexibility index (Phi) is 5.18. The zero-order valence-electron chi connectivity index (χ0n) is 19.4. The molecule has 6 atom stereocenters. The first kappa shape index (κ1) is 22.8. The number of benzene rings is 2. The Labute approximate surface area is 204 Å². The number of sulfonamides is 1. The molecule has 0 radical (unpaired) electrons. The molecule has 6 rings (SSSR count). The standard InChI is InChI=1S/C26H28FN3O4S/c1-2-26-17-10-9-16(13-17)22(26)23(31)21(25(32)30(26)14-15-7-11-18(27)12-8-15)24-28-19-5-3-4-6-20(19)35(33,34)29-24/h3-8,11-12,16-17,21-22,25,32H,2,9-10,13-14H2,1H3,(H,28,29).